The Morgan fingerprint density at radius 2 is 1.60 bits per heavy atom. The molecule has 20 heavy (non-hydrogen) atoms. The van der Waals surface area contributed by atoms with Gasteiger partial charge in [0.2, 0.25) is 5.91 Å². The van der Waals surface area contributed by atoms with Gasteiger partial charge in [0.05, 0.1) is 0 Å². The van der Waals surface area contributed by atoms with Gasteiger partial charge in [-0.3, -0.25) is 9.69 Å². The van der Waals surface area contributed by atoms with Crippen LogP contribution in [-0.4, -0.2) is 36.1 Å². The molecule has 4 bridgehead atoms. The molecule has 2 atom stereocenters. The predicted molar refractivity (Wildman–Crippen MR) is 74.7 cm³/mol. The molecule has 4 aliphatic carbocycles. The quantitative estimate of drug-likeness (QED) is 0.842. The van der Waals surface area contributed by atoms with E-state index in [9.17, 15) is 9.18 Å². The molecule has 0 aromatic carbocycles. The van der Waals surface area contributed by atoms with Crippen LogP contribution >= 0.6 is 0 Å². The zero-order valence-electron chi connectivity index (χ0n) is 12.3. The highest BCUT2D eigenvalue weighted by atomic mass is 19.1. The Balaban J connectivity index is 1.79. The fourth-order valence-electron chi connectivity index (χ4n) is 6.78. The first-order valence-electron chi connectivity index (χ1n) is 8.10. The second-order valence-corrected chi connectivity index (χ2v) is 8.10. The summed E-state index contributed by atoms with van der Waals surface area (Å²) in [5, 5.41) is 0. The SMILES string of the molecule is CN1CC(F)CC1(C(N)=O)C12CC3CC(CC(C3)C1)C2. The van der Waals surface area contributed by atoms with Crippen molar-refractivity contribution in [2.75, 3.05) is 13.6 Å². The number of primary amides is 1. The van der Waals surface area contributed by atoms with Crippen molar-refractivity contribution < 1.29 is 9.18 Å². The highest BCUT2D eigenvalue weighted by Crippen LogP contribution is 2.66. The number of hydrogen-bond donors (Lipinski definition) is 1. The third-order valence-electron chi connectivity index (χ3n) is 6.96. The van der Waals surface area contributed by atoms with Crippen LogP contribution in [-0.2, 0) is 4.79 Å². The van der Waals surface area contributed by atoms with Gasteiger partial charge in [-0.15, -0.1) is 0 Å². The van der Waals surface area contributed by atoms with Gasteiger partial charge in [-0.1, -0.05) is 0 Å². The molecular formula is C16H25FN2O. The molecule has 5 fully saturated rings. The first kappa shape index (κ1) is 13.1. The molecule has 5 aliphatic rings. The number of amides is 1. The molecule has 2 unspecified atom stereocenters. The van der Waals surface area contributed by atoms with Crippen molar-refractivity contribution >= 4 is 5.91 Å². The number of likely N-dealkylation sites (tertiary alicyclic amines) is 1. The molecule has 1 saturated heterocycles. The zero-order valence-corrected chi connectivity index (χ0v) is 12.3. The predicted octanol–water partition coefficient (Wildman–Crippen LogP) is 2.10. The van der Waals surface area contributed by atoms with Crippen molar-refractivity contribution in [2.24, 2.45) is 28.9 Å². The normalized spacial score (nSPS) is 54.5. The van der Waals surface area contributed by atoms with E-state index in [0.29, 0.717) is 13.0 Å². The number of nitrogens with two attached hydrogens (primary N) is 1. The zero-order chi connectivity index (χ0) is 14.1. The van der Waals surface area contributed by atoms with Gasteiger partial charge in [-0.25, -0.2) is 4.39 Å². The number of hydrogen-bond acceptors (Lipinski definition) is 2. The van der Waals surface area contributed by atoms with Crippen LogP contribution in [0.1, 0.15) is 44.9 Å². The van der Waals surface area contributed by atoms with Crippen molar-refractivity contribution in [3.63, 3.8) is 0 Å². The van der Waals surface area contributed by atoms with Crippen LogP contribution in [0.25, 0.3) is 0 Å². The highest BCUT2D eigenvalue weighted by Gasteiger charge is 2.66. The summed E-state index contributed by atoms with van der Waals surface area (Å²) >= 11 is 0. The smallest absolute Gasteiger partial charge is 0.238 e. The van der Waals surface area contributed by atoms with Crippen LogP contribution in [0.5, 0.6) is 0 Å². The van der Waals surface area contributed by atoms with Crippen LogP contribution in [0.4, 0.5) is 4.39 Å². The van der Waals surface area contributed by atoms with Crippen molar-refractivity contribution in [3.05, 3.63) is 0 Å². The van der Waals surface area contributed by atoms with Crippen LogP contribution in [0, 0.1) is 23.2 Å². The number of likely N-dealkylation sites (N-methyl/N-ethyl adjacent to an activating group) is 1. The lowest BCUT2D eigenvalue weighted by Gasteiger charge is -2.63. The van der Waals surface area contributed by atoms with Gasteiger partial charge in [0.1, 0.15) is 11.7 Å². The minimum atomic E-state index is -0.902. The number of alkyl halides is 1. The third-order valence-corrected chi connectivity index (χ3v) is 6.96. The van der Waals surface area contributed by atoms with Gasteiger partial charge in [-0.05, 0) is 68.7 Å². The maximum Gasteiger partial charge on any atom is 0.238 e. The summed E-state index contributed by atoms with van der Waals surface area (Å²) in [7, 11) is 1.91. The lowest BCUT2D eigenvalue weighted by molar-refractivity contribution is -0.160. The number of nitrogens with zero attached hydrogens (tertiary/aromatic N) is 1. The van der Waals surface area contributed by atoms with E-state index in [1.165, 1.54) is 19.3 Å². The van der Waals surface area contributed by atoms with Crippen LogP contribution in [0.3, 0.4) is 0 Å². The molecule has 112 valence electrons. The Morgan fingerprint density at radius 3 is 1.95 bits per heavy atom. The Labute approximate surface area is 120 Å². The maximum atomic E-state index is 14.1. The molecule has 1 heterocycles. The Kier molecular flexibility index (Phi) is 2.59. The minimum absolute atomic E-state index is 0.0385. The molecule has 0 aromatic heterocycles. The molecule has 4 heteroatoms. The number of rotatable bonds is 2. The molecule has 1 aliphatic heterocycles. The summed E-state index contributed by atoms with van der Waals surface area (Å²) in [5.41, 5.74) is 5.10. The third kappa shape index (κ3) is 1.46. The van der Waals surface area contributed by atoms with Gasteiger partial charge >= 0.3 is 0 Å². The standard InChI is InChI=1S/C16H25FN2O/c1-19-9-13(17)8-16(19,14(18)20)15-5-10-2-11(6-15)4-12(3-10)7-15/h10-13H,2-9H2,1H3,(H2,18,20). The van der Waals surface area contributed by atoms with Gasteiger partial charge < -0.3 is 5.73 Å². The molecule has 1 amide bonds. The molecular weight excluding hydrogens is 255 g/mol. The van der Waals surface area contributed by atoms with Crippen LogP contribution < -0.4 is 5.73 Å². The summed E-state index contributed by atoms with van der Waals surface area (Å²) < 4.78 is 14.1. The molecule has 5 rings (SSSR count). The van der Waals surface area contributed by atoms with Crippen molar-refractivity contribution in [1.29, 1.82) is 0 Å². The van der Waals surface area contributed by atoms with Gasteiger partial charge in [-0.2, -0.15) is 0 Å². The Hall–Kier alpha value is -0.640. The van der Waals surface area contributed by atoms with Crippen LogP contribution in [0.15, 0.2) is 0 Å². The Morgan fingerprint density at radius 1 is 1.10 bits per heavy atom. The monoisotopic (exact) mass is 280 g/mol. The maximum absolute atomic E-state index is 14.1. The average molecular weight is 280 g/mol. The van der Waals surface area contributed by atoms with Gasteiger partial charge in [0.15, 0.2) is 0 Å². The first-order valence-corrected chi connectivity index (χ1v) is 8.10. The summed E-state index contributed by atoms with van der Waals surface area (Å²) in [6.07, 6.45) is 6.70. The van der Waals surface area contributed by atoms with Crippen molar-refractivity contribution in [2.45, 2.75) is 56.7 Å². The van der Waals surface area contributed by atoms with E-state index in [4.69, 9.17) is 5.73 Å². The van der Waals surface area contributed by atoms with E-state index < -0.39 is 11.7 Å². The summed E-state index contributed by atoms with van der Waals surface area (Å²) in [4.78, 5) is 14.4. The minimum Gasteiger partial charge on any atom is -0.368 e. The average Bonchev–Trinajstić information content (AvgIpc) is 2.64. The van der Waals surface area contributed by atoms with E-state index in [2.05, 4.69) is 0 Å². The number of carbonyl (C=O) groups excluding carboxylic acids is 1. The molecule has 0 radical (unpaired) electrons. The second-order valence-electron chi connectivity index (χ2n) is 8.10. The fourth-order valence-corrected chi connectivity index (χ4v) is 6.78. The summed E-state index contributed by atoms with van der Waals surface area (Å²) in [6, 6.07) is 0. The molecule has 2 N–H and O–H groups in total. The van der Waals surface area contributed by atoms with E-state index in [1.54, 1.807) is 0 Å². The van der Waals surface area contributed by atoms with Gasteiger partial charge in [0.25, 0.3) is 0 Å². The molecule has 3 nitrogen and oxygen atoms in total. The van der Waals surface area contributed by atoms with E-state index >= 15 is 0 Å². The lowest BCUT2D eigenvalue weighted by atomic mass is 9.44. The topological polar surface area (TPSA) is 46.3 Å². The fraction of sp³-hybridized carbons (Fsp3) is 0.938. The van der Waals surface area contributed by atoms with Crippen molar-refractivity contribution in [3.8, 4) is 0 Å². The van der Waals surface area contributed by atoms with E-state index in [1.807, 2.05) is 11.9 Å². The highest BCUT2D eigenvalue weighted by molar-refractivity contribution is 5.86. The number of halogens is 1. The number of carbonyl (C=O) groups is 1. The van der Waals surface area contributed by atoms with Crippen LogP contribution in [0.2, 0.25) is 0 Å². The van der Waals surface area contributed by atoms with Gasteiger partial charge in [0, 0.05) is 13.0 Å². The lowest BCUT2D eigenvalue weighted by Crippen LogP contribution is -2.67. The molecule has 4 saturated carbocycles. The second kappa shape index (κ2) is 3.96. The first-order chi connectivity index (χ1) is 9.45. The largest absolute Gasteiger partial charge is 0.368 e. The summed E-state index contributed by atoms with van der Waals surface area (Å²) in [5.74, 6) is 1.99. The Bertz CT molecular complexity index is 416. The summed E-state index contributed by atoms with van der Waals surface area (Å²) in [6.45, 7) is 0.366. The molecule has 0 aromatic rings. The molecule has 0 spiro atoms. The van der Waals surface area contributed by atoms with E-state index in [0.717, 1.165) is 37.0 Å². The van der Waals surface area contributed by atoms with Crippen molar-refractivity contribution in [1.82, 2.24) is 4.90 Å². The van der Waals surface area contributed by atoms with E-state index in [-0.39, 0.29) is 11.3 Å².